The van der Waals surface area contributed by atoms with Gasteiger partial charge < -0.3 is 14.7 Å². The van der Waals surface area contributed by atoms with Crippen LogP contribution in [0.2, 0.25) is 0 Å². The van der Waals surface area contributed by atoms with E-state index in [0.29, 0.717) is 26.1 Å². The second kappa shape index (κ2) is 5.98. The third kappa shape index (κ3) is 3.09. The second-order valence-corrected chi connectivity index (χ2v) is 4.78. The molecule has 2 rings (SSSR count). The molecule has 1 heterocycles. The van der Waals surface area contributed by atoms with E-state index in [1.807, 2.05) is 29.2 Å². The fourth-order valence-corrected chi connectivity index (χ4v) is 2.26. The SMILES string of the molecule is COCc1ccc(CN2CC(CO)CC2=O)cc1. The van der Waals surface area contributed by atoms with Crippen molar-refractivity contribution in [3.8, 4) is 0 Å². The van der Waals surface area contributed by atoms with Crippen molar-refractivity contribution < 1.29 is 14.6 Å². The van der Waals surface area contributed by atoms with E-state index in [4.69, 9.17) is 9.84 Å². The zero-order valence-corrected chi connectivity index (χ0v) is 10.6. The van der Waals surface area contributed by atoms with Crippen LogP contribution in [0.5, 0.6) is 0 Å². The van der Waals surface area contributed by atoms with Crippen LogP contribution >= 0.6 is 0 Å². The molecule has 1 atom stereocenters. The average Bonchev–Trinajstić information content (AvgIpc) is 2.73. The van der Waals surface area contributed by atoms with Crippen LogP contribution in [0.25, 0.3) is 0 Å². The number of rotatable bonds is 5. The summed E-state index contributed by atoms with van der Waals surface area (Å²) in [4.78, 5) is 13.5. The van der Waals surface area contributed by atoms with Gasteiger partial charge in [0.25, 0.3) is 0 Å². The molecule has 1 saturated heterocycles. The highest BCUT2D eigenvalue weighted by Crippen LogP contribution is 2.19. The molecule has 1 amide bonds. The van der Waals surface area contributed by atoms with Crippen molar-refractivity contribution in [1.82, 2.24) is 4.90 Å². The zero-order chi connectivity index (χ0) is 13.0. The third-order valence-electron chi connectivity index (χ3n) is 3.26. The molecule has 0 aromatic heterocycles. The number of amides is 1. The van der Waals surface area contributed by atoms with Crippen molar-refractivity contribution in [1.29, 1.82) is 0 Å². The van der Waals surface area contributed by atoms with Gasteiger partial charge in [0.05, 0.1) is 6.61 Å². The minimum atomic E-state index is 0.0923. The Balaban J connectivity index is 1.95. The maximum absolute atomic E-state index is 11.7. The van der Waals surface area contributed by atoms with Crippen molar-refractivity contribution in [3.63, 3.8) is 0 Å². The largest absolute Gasteiger partial charge is 0.396 e. The van der Waals surface area contributed by atoms with E-state index in [9.17, 15) is 4.79 Å². The molecule has 4 heteroatoms. The van der Waals surface area contributed by atoms with Crippen LogP contribution in [0, 0.1) is 5.92 Å². The van der Waals surface area contributed by atoms with Crippen molar-refractivity contribution in [3.05, 3.63) is 35.4 Å². The number of ether oxygens (including phenoxy) is 1. The number of aliphatic hydroxyl groups is 1. The molecule has 0 aliphatic carbocycles. The van der Waals surface area contributed by atoms with E-state index in [0.717, 1.165) is 11.1 Å². The number of hydrogen-bond donors (Lipinski definition) is 1. The van der Waals surface area contributed by atoms with Gasteiger partial charge in [-0.15, -0.1) is 0 Å². The molecule has 18 heavy (non-hydrogen) atoms. The van der Waals surface area contributed by atoms with Gasteiger partial charge in [-0.1, -0.05) is 24.3 Å². The molecule has 0 saturated carbocycles. The summed E-state index contributed by atoms with van der Waals surface area (Å²) in [6.07, 6.45) is 0.470. The van der Waals surface area contributed by atoms with Crippen molar-refractivity contribution in [2.24, 2.45) is 5.92 Å². The fraction of sp³-hybridized carbons (Fsp3) is 0.500. The first kappa shape index (κ1) is 13.1. The summed E-state index contributed by atoms with van der Waals surface area (Å²) in [5, 5.41) is 9.07. The monoisotopic (exact) mass is 249 g/mol. The van der Waals surface area contributed by atoms with Crippen molar-refractivity contribution >= 4 is 5.91 Å². The van der Waals surface area contributed by atoms with Crippen LogP contribution in [-0.4, -0.2) is 36.2 Å². The first-order chi connectivity index (χ1) is 8.72. The van der Waals surface area contributed by atoms with Crippen LogP contribution < -0.4 is 0 Å². The van der Waals surface area contributed by atoms with Gasteiger partial charge in [0.2, 0.25) is 5.91 Å². The maximum atomic E-state index is 11.7. The van der Waals surface area contributed by atoms with Crippen LogP contribution in [0.15, 0.2) is 24.3 Å². The highest BCUT2D eigenvalue weighted by atomic mass is 16.5. The van der Waals surface area contributed by atoms with Gasteiger partial charge in [-0.2, -0.15) is 0 Å². The molecule has 1 aromatic rings. The lowest BCUT2D eigenvalue weighted by atomic mass is 10.1. The number of nitrogens with zero attached hydrogens (tertiary/aromatic N) is 1. The lowest BCUT2D eigenvalue weighted by Gasteiger charge is -2.16. The van der Waals surface area contributed by atoms with E-state index in [1.165, 1.54) is 0 Å². The maximum Gasteiger partial charge on any atom is 0.223 e. The predicted octanol–water partition coefficient (Wildman–Crippen LogP) is 1.17. The molecule has 0 bridgehead atoms. The molecule has 0 radical (unpaired) electrons. The van der Waals surface area contributed by atoms with E-state index < -0.39 is 0 Å². The van der Waals surface area contributed by atoms with Crippen molar-refractivity contribution in [2.75, 3.05) is 20.3 Å². The van der Waals surface area contributed by atoms with E-state index in [2.05, 4.69) is 0 Å². The molecule has 4 nitrogen and oxygen atoms in total. The van der Waals surface area contributed by atoms with Crippen LogP contribution in [0.4, 0.5) is 0 Å². The average molecular weight is 249 g/mol. The van der Waals surface area contributed by atoms with Gasteiger partial charge in [-0.3, -0.25) is 4.79 Å². The Kier molecular flexibility index (Phi) is 4.33. The Bertz CT molecular complexity index is 402. The minimum absolute atomic E-state index is 0.0923. The van der Waals surface area contributed by atoms with E-state index >= 15 is 0 Å². The number of hydrogen-bond acceptors (Lipinski definition) is 3. The fourth-order valence-electron chi connectivity index (χ4n) is 2.26. The molecule has 1 fully saturated rings. The smallest absolute Gasteiger partial charge is 0.223 e. The predicted molar refractivity (Wildman–Crippen MR) is 67.8 cm³/mol. The number of likely N-dealkylation sites (tertiary alicyclic amines) is 1. The number of methoxy groups -OCH3 is 1. The number of carbonyl (C=O) groups is 1. The Morgan fingerprint density at radius 3 is 2.56 bits per heavy atom. The molecule has 1 N–H and O–H groups in total. The van der Waals surface area contributed by atoms with Gasteiger partial charge in [-0.25, -0.2) is 0 Å². The lowest BCUT2D eigenvalue weighted by Crippen LogP contribution is -2.24. The van der Waals surface area contributed by atoms with Gasteiger partial charge in [-0.05, 0) is 11.1 Å². The van der Waals surface area contributed by atoms with Gasteiger partial charge in [0.15, 0.2) is 0 Å². The molecular formula is C14H19NO3. The summed E-state index contributed by atoms with van der Waals surface area (Å²) >= 11 is 0. The van der Waals surface area contributed by atoms with Gasteiger partial charge in [0, 0.05) is 39.1 Å². The van der Waals surface area contributed by atoms with Gasteiger partial charge in [0.1, 0.15) is 0 Å². The number of aliphatic hydroxyl groups excluding tert-OH is 1. The quantitative estimate of drug-likeness (QED) is 0.852. The highest BCUT2D eigenvalue weighted by Gasteiger charge is 2.28. The molecule has 98 valence electrons. The Hall–Kier alpha value is -1.39. The van der Waals surface area contributed by atoms with Crippen LogP contribution in [0.1, 0.15) is 17.5 Å². The number of carbonyl (C=O) groups excluding carboxylic acids is 1. The molecule has 0 spiro atoms. The standard InChI is InChI=1S/C14H19NO3/c1-18-10-12-4-2-11(3-5-12)7-15-8-13(9-16)6-14(15)17/h2-5,13,16H,6-10H2,1H3. The second-order valence-electron chi connectivity index (χ2n) is 4.78. The summed E-state index contributed by atoms with van der Waals surface area (Å²) in [6, 6.07) is 8.08. The molecule has 1 aliphatic rings. The minimum Gasteiger partial charge on any atom is -0.396 e. The summed E-state index contributed by atoms with van der Waals surface area (Å²) < 4.78 is 5.05. The summed E-state index contributed by atoms with van der Waals surface area (Å²) in [7, 11) is 1.67. The molecule has 1 unspecified atom stereocenters. The van der Waals surface area contributed by atoms with Gasteiger partial charge >= 0.3 is 0 Å². The first-order valence-corrected chi connectivity index (χ1v) is 6.18. The molecule has 1 aromatic carbocycles. The van der Waals surface area contributed by atoms with Crippen LogP contribution in [0.3, 0.4) is 0 Å². The van der Waals surface area contributed by atoms with E-state index in [1.54, 1.807) is 7.11 Å². The summed E-state index contributed by atoms with van der Waals surface area (Å²) in [5.41, 5.74) is 2.24. The normalized spacial score (nSPS) is 19.6. The topological polar surface area (TPSA) is 49.8 Å². The van der Waals surface area contributed by atoms with Crippen molar-refractivity contribution in [2.45, 2.75) is 19.6 Å². The Morgan fingerprint density at radius 2 is 2.00 bits per heavy atom. The molecular weight excluding hydrogens is 230 g/mol. The lowest BCUT2D eigenvalue weighted by molar-refractivity contribution is -0.128. The van der Waals surface area contributed by atoms with E-state index in [-0.39, 0.29) is 18.4 Å². The Morgan fingerprint density at radius 1 is 1.33 bits per heavy atom. The summed E-state index contributed by atoms with van der Waals surface area (Å²) in [5.74, 6) is 0.236. The third-order valence-corrected chi connectivity index (χ3v) is 3.26. The van der Waals surface area contributed by atoms with Crippen LogP contribution in [-0.2, 0) is 22.7 Å². The zero-order valence-electron chi connectivity index (χ0n) is 10.6. The Labute approximate surface area is 107 Å². The summed E-state index contributed by atoms with van der Waals surface area (Å²) in [6.45, 7) is 1.99. The first-order valence-electron chi connectivity index (χ1n) is 6.18. The highest BCUT2D eigenvalue weighted by molar-refractivity contribution is 5.78. The molecule has 1 aliphatic heterocycles. The number of benzene rings is 1.